The molecule has 0 saturated carbocycles. The van der Waals surface area contributed by atoms with Gasteiger partial charge in [-0.25, -0.2) is 0 Å². The lowest BCUT2D eigenvalue weighted by Crippen LogP contribution is -2.14. The molecule has 90 heavy (non-hydrogen) atoms. The van der Waals surface area contributed by atoms with Crippen LogP contribution >= 0.6 is 0 Å². The third-order valence-electron chi connectivity index (χ3n) is 18.8. The van der Waals surface area contributed by atoms with Crippen LogP contribution in [0.4, 0.5) is 34.1 Å². The molecule has 4 heteroatoms. The van der Waals surface area contributed by atoms with Gasteiger partial charge in [0.2, 0.25) is 0 Å². The monoisotopic (exact) mass is 1160 g/mol. The molecule has 0 amide bonds. The van der Waals surface area contributed by atoms with Crippen molar-refractivity contribution in [3.05, 3.63) is 290 Å². The van der Waals surface area contributed by atoms with Crippen molar-refractivity contribution < 1.29 is 8.83 Å². The molecule has 0 atom stereocenters. The highest BCUT2D eigenvalue weighted by molar-refractivity contribution is 6.25. The van der Waals surface area contributed by atoms with Gasteiger partial charge in [-0.15, -0.1) is 0 Å². The lowest BCUT2D eigenvalue weighted by atomic mass is 9.86. The molecule has 0 radical (unpaired) electrons. The second kappa shape index (κ2) is 20.3. The van der Waals surface area contributed by atoms with E-state index >= 15 is 0 Å². The summed E-state index contributed by atoms with van der Waals surface area (Å²) >= 11 is 0. The maximum atomic E-state index is 6.91. The molecule has 17 aromatic rings. The van der Waals surface area contributed by atoms with E-state index in [-0.39, 0.29) is 10.8 Å². The van der Waals surface area contributed by atoms with Gasteiger partial charge in [0.15, 0.2) is 0 Å². The summed E-state index contributed by atoms with van der Waals surface area (Å²) in [6, 6.07) is 103. The highest BCUT2D eigenvalue weighted by Crippen LogP contribution is 2.53. The number of hydrogen-bond donors (Lipinski definition) is 0. The Balaban J connectivity index is 0.808. The number of anilines is 6. The minimum Gasteiger partial charge on any atom is -0.456 e. The van der Waals surface area contributed by atoms with Crippen LogP contribution in [0, 0.1) is 0 Å². The molecule has 0 fully saturated rings. The van der Waals surface area contributed by atoms with Crippen molar-refractivity contribution in [2.45, 2.75) is 52.4 Å². The number of fused-ring (bicyclic) bond motifs is 14. The van der Waals surface area contributed by atoms with Crippen molar-refractivity contribution >= 4 is 143 Å². The molecule has 4 nitrogen and oxygen atoms in total. The summed E-state index contributed by atoms with van der Waals surface area (Å²) in [7, 11) is 0. The first kappa shape index (κ1) is 53.3. The van der Waals surface area contributed by atoms with Crippen LogP contribution in [0.15, 0.2) is 288 Å². The Labute approximate surface area is 523 Å². The Morgan fingerprint density at radius 2 is 0.544 bits per heavy atom. The van der Waals surface area contributed by atoms with Crippen LogP contribution in [-0.2, 0) is 10.8 Å². The van der Waals surface area contributed by atoms with Crippen LogP contribution in [-0.4, -0.2) is 0 Å². The highest BCUT2D eigenvalue weighted by Gasteiger charge is 2.28. The fourth-order valence-corrected chi connectivity index (χ4v) is 14.3. The minimum absolute atomic E-state index is 0.00180. The zero-order chi connectivity index (χ0) is 60.6. The molecule has 2 heterocycles. The predicted molar refractivity (Wildman–Crippen MR) is 384 cm³/mol. The Morgan fingerprint density at radius 3 is 0.922 bits per heavy atom. The fourth-order valence-electron chi connectivity index (χ4n) is 14.3. The van der Waals surface area contributed by atoms with Crippen LogP contribution in [0.25, 0.3) is 131 Å². The standard InChI is InChI=1S/C86H64N2O2/c1-85(2,3)59-35-41-61(42-36-59)87(83-71-31-19-15-27-67(71)65-25-13-17-29-69(65)81(83)53-21-9-7-10-22-53)63-39-33-55-47-73-75-51-76-74-48-56-34-40-64(46-58(56)50-78(74)90-80(76)52-79(75)89-77(73)49-57(55)45-63)88(62-43-37-60(38-44-62)86(4,5)6)84-72-32-20-16-28-68(72)66-26-14-18-30-70(66)82(84)54-23-11-8-12-24-54/h7-52H,1-6H3. The predicted octanol–water partition coefficient (Wildman–Crippen LogP) is 25.3. The number of benzene rings is 15. The third kappa shape index (κ3) is 8.65. The quantitative estimate of drug-likeness (QED) is 0.142. The van der Waals surface area contributed by atoms with Crippen LogP contribution < -0.4 is 9.80 Å². The van der Waals surface area contributed by atoms with Crippen molar-refractivity contribution in [1.29, 1.82) is 0 Å². The van der Waals surface area contributed by atoms with Crippen molar-refractivity contribution in [3.63, 3.8) is 0 Å². The zero-order valence-corrected chi connectivity index (χ0v) is 51.3. The molecule has 0 aliphatic heterocycles. The maximum absolute atomic E-state index is 6.91. The maximum Gasteiger partial charge on any atom is 0.139 e. The summed E-state index contributed by atoms with van der Waals surface area (Å²) < 4.78 is 13.8. The van der Waals surface area contributed by atoms with Crippen LogP contribution in [0.5, 0.6) is 0 Å². The molecule has 0 spiro atoms. The Bertz CT molecular complexity index is 5370. The second-order valence-electron chi connectivity index (χ2n) is 26.4. The first-order valence-electron chi connectivity index (χ1n) is 31.4. The van der Waals surface area contributed by atoms with E-state index in [0.717, 1.165) is 99.5 Å². The van der Waals surface area contributed by atoms with Crippen LogP contribution in [0.3, 0.4) is 0 Å². The zero-order valence-electron chi connectivity index (χ0n) is 51.3. The molecular formula is C86H64N2O2. The molecule has 0 N–H and O–H groups in total. The first-order chi connectivity index (χ1) is 43.9. The van der Waals surface area contributed by atoms with Crippen LogP contribution in [0.1, 0.15) is 52.7 Å². The van der Waals surface area contributed by atoms with E-state index in [1.807, 2.05) is 0 Å². The van der Waals surface area contributed by atoms with Gasteiger partial charge < -0.3 is 18.6 Å². The lowest BCUT2D eigenvalue weighted by Gasteiger charge is -2.31. The van der Waals surface area contributed by atoms with Gasteiger partial charge in [0, 0.05) is 72.3 Å². The summed E-state index contributed by atoms with van der Waals surface area (Å²) in [5, 5.41) is 18.4. The van der Waals surface area contributed by atoms with Gasteiger partial charge in [0.05, 0.1) is 11.4 Å². The summed E-state index contributed by atoms with van der Waals surface area (Å²) in [6.45, 7) is 13.7. The summed E-state index contributed by atoms with van der Waals surface area (Å²) in [5.74, 6) is 0. The van der Waals surface area contributed by atoms with Crippen LogP contribution in [0.2, 0.25) is 0 Å². The third-order valence-corrected chi connectivity index (χ3v) is 18.8. The number of furan rings is 2. The average Bonchev–Trinajstić information content (AvgIpc) is 1.54. The molecule has 0 bridgehead atoms. The average molecular weight is 1160 g/mol. The SMILES string of the molecule is CC(C)(C)c1ccc(N(c2ccc3cc4c(cc3c2)oc2cc3oc5cc6cc(N(c7ccc(C(C)(C)C)cc7)c7c(-c8ccccc8)c8ccccc8c8ccccc78)ccc6cc5c3cc24)c2c(-c3ccccc3)c3ccccc3c3ccccc23)cc1. The van der Waals surface area contributed by atoms with Gasteiger partial charge in [-0.2, -0.15) is 0 Å². The van der Waals surface area contributed by atoms with E-state index in [0.29, 0.717) is 0 Å². The van der Waals surface area contributed by atoms with Crippen molar-refractivity contribution in [2.24, 2.45) is 0 Å². The Morgan fingerprint density at radius 1 is 0.233 bits per heavy atom. The van der Waals surface area contributed by atoms with Gasteiger partial charge >= 0.3 is 0 Å². The Hall–Kier alpha value is -10.9. The molecular weight excluding hydrogens is 1090 g/mol. The highest BCUT2D eigenvalue weighted by atomic mass is 16.3. The summed E-state index contributed by atoms with van der Waals surface area (Å²) in [4.78, 5) is 4.96. The molecule has 17 rings (SSSR count). The largest absolute Gasteiger partial charge is 0.456 e. The second-order valence-corrected chi connectivity index (χ2v) is 26.4. The van der Waals surface area contributed by atoms with Gasteiger partial charge in [-0.3, -0.25) is 0 Å². The van der Waals surface area contributed by atoms with Crippen molar-refractivity contribution in [3.8, 4) is 22.3 Å². The molecule has 15 aromatic carbocycles. The molecule has 0 saturated heterocycles. The molecule has 0 aliphatic rings. The smallest absolute Gasteiger partial charge is 0.139 e. The molecule has 0 aliphatic carbocycles. The minimum atomic E-state index is -0.00180. The van der Waals surface area contributed by atoms with Crippen molar-refractivity contribution in [2.75, 3.05) is 9.80 Å². The number of hydrogen-bond acceptors (Lipinski definition) is 4. The topological polar surface area (TPSA) is 32.8 Å². The van der Waals surface area contributed by atoms with E-state index in [9.17, 15) is 0 Å². The van der Waals surface area contributed by atoms with Gasteiger partial charge in [-0.1, -0.05) is 236 Å². The fraction of sp³-hybridized carbons (Fsp3) is 0.0930. The lowest BCUT2D eigenvalue weighted by molar-refractivity contribution is 0.590. The van der Waals surface area contributed by atoms with E-state index in [1.54, 1.807) is 0 Å². The van der Waals surface area contributed by atoms with E-state index in [4.69, 9.17) is 8.83 Å². The van der Waals surface area contributed by atoms with Gasteiger partial charge in [0.25, 0.3) is 0 Å². The summed E-state index contributed by atoms with van der Waals surface area (Å²) in [6.07, 6.45) is 0. The van der Waals surface area contributed by atoms with Gasteiger partial charge in [0.1, 0.15) is 22.3 Å². The van der Waals surface area contributed by atoms with Gasteiger partial charge in [-0.05, 0) is 166 Å². The molecule has 0 unspecified atom stereocenters. The van der Waals surface area contributed by atoms with E-state index < -0.39 is 0 Å². The first-order valence-corrected chi connectivity index (χ1v) is 31.4. The van der Waals surface area contributed by atoms with E-state index in [2.05, 4.69) is 330 Å². The number of nitrogens with zero attached hydrogens (tertiary/aromatic N) is 2. The van der Waals surface area contributed by atoms with Crippen molar-refractivity contribution in [1.82, 2.24) is 0 Å². The molecule has 430 valence electrons. The van der Waals surface area contributed by atoms with E-state index in [1.165, 1.54) is 76.5 Å². The summed E-state index contributed by atoms with van der Waals surface area (Å²) in [5.41, 5.74) is 17.1. The molecule has 2 aromatic heterocycles. The Kier molecular flexibility index (Phi) is 12.0. The normalized spacial score (nSPS) is 12.3. The number of rotatable bonds is 8.